The van der Waals surface area contributed by atoms with Gasteiger partial charge in [-0.2, -0.15) is 0 Å². The van der Waals surface area contributed by atoms with Gasteiger partial charge in [-0.3, -0.25) is 4.79 Å². The number of hydrogen-bond donors (Lipinski definition) is 1. The summed E-state index contributed by atoms with van der Waals surface area (Å²) < 4.78 is 10.3. The number of carbonyl (C=O) groups excluding carboxylic acids is 1. The van der Waals surface area contributed by atoms with Gasteiger partial charge in [0.05, 0.1) is 19.8 Å². The molecule has 1 aliphatic heterocycles. The van der Waals surface area contributed by atoms with E-state index in [4.69, 9.17) is 9.37 Å². The first-order chi connectivity index (χ1) is 14.6. The second-order valence-electron chi connectivity index (χ2n) is 7.34. The number of morpholine rings is 1. The van der Waals surface area contributed by atoms with Crippen LogP contribution in [0.1, 0.15) is 41.6 Å². The number of hydrogen-bond acceptors (Lipinski definition) is 8. The van der Waals surface area contributed by atoms with E-state index in [9.17, 15) is 4.79 Å². The summed E-state index contributed by atoms with van der Waals surface area (Å²) >= 11 is 0. The number of carbonyl (C=O) groups is 1. The summed E-state index contributed by atoms with van der Waals surface area (Å²) in [5, 5.41) is 10.8. The Balaban J connectivity index is 1.52. The molecule has 0 radical (unpaired) electrons. The number of nitrogens with zero attached hydrogens (tertiary/aromatic N) is 5. The normalized spacial score (nSPS) is 14.2. The van der Waals surface area contributed by atoms with Gasteiger partial charge in [0.25, 0.3) is 5.91 Å². The molecule has 3 heterocycles. The van der Waals surface area contributed by atoms with Crippen molar-refractivity contribution in [2.75, 3.05) is 31.2 Å². The van der Waals surface area contributed by atoms with Gasteiger partial charge < -0.3 is 15.0 Å². The van der Waals surface area contributed by atoms with Crippen LogP contribution in [-0.2, 0) is 11.3 Å². The van der Waals surface area contributed by atoms with Gasteiger partial charge in [-0.05, 0) is 17.1 Å². The zero-order chi connectivity index (χ0) is 20.9. The number of amides is 1. The zero-order valence-corrected chi connectivity index (χ0v) is 17.0. The number of aromatic nitrogens is 4. The highest BCUT2D eigenvalue weighted by molar-refractivity contribution is 5.92. The van der Waals surface area contributed by atoms with E-state index >= 15 is 0 Å². The van der Waals surface area contributed by atoms with Gasteiger partial charge in [0.15, 0.2) is 0 Å². The average Bonchev–Trinajstić information content (AvgIpc) is 3.27. The molecular weight excluding hydrogens is 384 g/mol. The second kappa shape index (κ2) is 9.00. The molecule has 4 rings (SSSR count). The van der Waals surface area contributed by atoms with Crippen LogP contribution in [0.2, 0.25) is 0 Å². The minimum absolute atomic E-state index is 0.170. The van der Waals surface area contributed by atoms with Gasteiger partial charge in [-0.1, -0.05) is 49.3 Å². The van der Waals surface area contributed by atoms with Crippen molar-refractivity contribution >= 4 is 11.9 Å². The molecule has 156 valence electrons. The third-order valence-corrected chi connectivity index (χ3v) is 4.87. The summed E-state index contributed by atoms with van der Waals surface area (Å²) in [6, 6.07) is 11.3. The molecule has 1 aliphatic rings. The topological polar surface area (TPSA) is 106 Å². The van der Waals surface area contributed by atoms with Crippen LogP contribution < -0.4 is 10.2 Å². The summed E-state index contributed by atoms with van der Waals surface area (Å²) in [5.74, 6) is 0.433. The lowest BCUT2D eigenvalue weighted by molar-refractivity contribution is 0.0944. The predicted molar refractivity (Wildman–Crippen MR) is 110 cm³/mol. The molecule has 30 heavy (non-hydrogen) atoms. The Labute approximate surface area is 174 Å². The van der Waals surface area contributed by atoms with Crippen molar-refractivity contribution in [1.82, 2.24) is 25.6 Å². The van der Waals surface area contributed by atoms with E-state index in [1.807, 2.05) is 49.1 Å². The molecule has 0 spiro atoms. The Kier molecular flexibility index (Phi) is 5.99. The predicted octanol–water partition coefficient (Wildman–Crippen LogP) is 2.42. The Bertz CT molecular complexity index is 999. The van der Waals surface area contributed by atoms with Crippen LogP contribution in [0.4, 0.5) is 5.95 Å². The second-order valence-corrected chi connectivity index (χ2v) is 7.34. The van der Waals surface area contributed by atoms with Crippen molar-refractivity contribution < 1.29 is 14.2 Å². The fourth-order valence-corrected chi connectivity index (χ4v) is 3.16. The van der Waals surface area contributed by atoms with E-state index in [2.05, 4.69) is 25.6 Å². The quantitative estimate of drug-likeness (QED) is 0.663. The molecule has 1 amide bonds. The fraction of sp³-hybridized carbons (Fsp3) is 0.381. The SMILES string of the molecule is CC(C)c1cc(C(=O)NCc2nonc2-c2ccccc2)nc(N2CCOCC2)n1. The highest BCUT2D eigenvalue weighted by Crippen LogP contribution is 2.21. The van der Waals surface area contributed by atoms with Gasteiger partial charge in [-0.15, -0.1) is 0 Å². The van der Waals surface area contributed by atoms with Gasteiger partial charge >= 0.3 is 0 Å². The zero-order valence-electron chi connectivity index (χ0n) is 17.0. The molecule has 1 N–H and O–H groups in total. The molecule has 3 aromatic rings. The van der Waals surface area contributed by atoms with Crippen LogP contribution >= 0.6 is 0 Å². The van der Waals surface area contributed by atoms with E-state index in [0.717, 1.165) is 11.3 Å². The lowest BCUT2D eigenvalue weighted by Crippen LogP contribution is -2.38. The molecule has 1 aromatic carbocycles. The number of anilines is 1. The molecule has 0 atom stereocenters. The minimum atomic E-state index is -0.296. The third-order valence-electron chi connectivity index (χ3n) is 4.87. The largest absolute Gasteiger partial charge is 0.378 e. The van der Waals surface area contributed by atoms with Gasteiger partial charge in [0.1, 0.15) is 17.1 Å². The summed E-state index contributed by atoms with van der Waals surface area (Å²) in [6.07, 6.45) is 0. The lowest BCUT2D eigenvalue weighted by Gasteiger charge is -2.27. The fourth-order valence-electron chi connectivity index (χ4n) is 3.16. The average molecular weight is 408 g/mol. The Morgan fingerprint density at radius 3 is 2.63 bits per heavy atom. The van der Waals surface area contributed by atoms with Gasteiger partial charge in [0.2, 0.25) is 5.95 Å². The monoisotopic (exact) mass is 408 g/mol. The van der Waals surface area contributed by atoms with Crippen molar-refractivity contribution in [1.29, 1.82) is 0 Å². The van der Waals surface area contributed by atoms with E-state index < -0.39 is 0 Å². The van der Waals surface area contributed by atoms with E-state index in [1.165, 1.54) is 0 Å². The van der Waals surface area contributed by atoms with Crippen LogP contribution in [0.3, 0.4) is 0 Å². The maximum atomic E-state index is 12.9. The highest BCUT2D eigenvalue weighted by atomic mass is 16.6. The smallest absolute Gasteiger partial charge is 0.270 e. The Morgan fingerprint density at radius 2 is 1.90 bits per heavy atom. The molecule has 1 fully saturated rings. The number of benzene rings is 1. The van der Waals surface area contributed by atoms with E-state index in [0.29, 0.717) is 49.3 Å². The first-order valence-corrected chi connectivity index (χ1v) is 9.98. The molecule has 2 aromatic heterocycles. The standard InChI is InChI=1S/C21H24N6O3/c1-14(2)16-12-17(24-21(23-16)27-8-10-29-11-9-27)20(28)22-13-18-19(26-30-25-18)15-6-4-3-5-7-15/h3-7,12,14H,8-11,13H2,1-2H3,(H,22,28). The van der Waals surface area contributed by atoms with E-state index in [1.54, 1.807) is 6.07 Å². The first-order valence-electron chi connectivity index (χ1n) is 9.98. The van der Waals surface area contributed by atoms with Crippen molar-refractivity contribution in [2.24, 2.45) is 0 Å². The molecular formula is C21H24N6O3. The lowest BCUT2D eigenvalue weighted by atomic mass is 10.1. The van der Waals surface area contributed by atoms with Crippen LogP contribution in [0, 0.1) is 0 Å². The maximum absolute atomic E-state index is 12.9. The third kappa shape index (κ3) is 4.46. The number of rotatable bonds is 6. The number of ether oxygens (including phenoxy) is 1. The van der Waals surface area contributed by atoms with Crippen molar-refractivity contribution in [3.63, 3.8) is 0 Å². The molecule has 9 heteroatoms. The Morgan fingerprint density at radius 1 is 1.13 bits per heavy atom. The van der Waals surface area contributed by atoms with Gasteiger partial charge in [-0.25, -0.2) is 14.6 Å². The summed E-state index contributed by atoms with van der Waals surface area (Å²) in [6.45, 7) is 6.92. The van der Waals surface area contributed by atoms with Crippen molar-refractivity contribution in [2.45, 2.75) is 26.3 Å². The first kappa shape index (κ1) is 20.0. The van der Waals surface area contributed by atoms with Gasteiger partial charge in [0, 0.05) is 24.3 Å². The van der Waals surface area contributed by atoms with Crippen LogP contribution in [-0.4, -0.2) is 52.5 Å². The number of nitrogens with one attached hydrogen (secondary N) is 1. The van der Waals surface area contributed by atoms with Crippen LogP contribution in [0.25, 0.3) is 11.3 Å². The van der Waals surface area contributed by atoms with Crippen LogP contribution in [0.15, 0.2) is 41.0 Å². The van der Waals surface area contributed by atoms with Crippen molar-refractivity contribution in [3.05, 3.63) is 53.5 Å². The van der Waals surface area contributed by atoms with Crippen molar-refractivity contribution in [3.8, 4) is 11.3 Å². The molecule has 0 aliphatic carbocycles. The minimum Gasteiger partial charge on any atom is -0.378 e. The highest BCUT2D eigenvalue weighted by Gasteiger charge is 2.20. The summed E-state index contributed by atoms with van der Waals surface area (Å²) in [5.41, 5.74) is 3.19. The molecule has 9 nitrogen and oxygen atoms in total. The summed E-state index contributed by atoms with van der Waals surface area (Å²) in [7, 11) is 0. The molecule has 0 bridgehead atoms. The maximum Gasteiger partial charge on any atom is 0.270 e. The van der Waals surface area contributed by atoms with Crippen LogP contribution in [0.5, 0.6) is 0 Å². The summed E-state index contributed by atoms with van der Waals surface area (Å²) in [4.78, 5) is 24.1. The molecule has 1 saturated heterocycles. The Hall–Kier alpha value is -3.33. The molecule has 0 saturated carbocycles. The molecule has 0 unspecified atom stereocenters. The van der Waals surface area contributed by atoms with E-state index in [-0.39, 0.29) is 18.4 Å².